The monoisotopic (exact) mass is 194 g/mol. The van der Waals surface area contributed by atoms with Crippen LogP contribution in [0.2, 0.25) is 0 Å². The van der Waals surface area contributed by atoms with E-state index >= 15 is 0 Å². The predicted octanol–water partition coefficient (Wildman–Crippen LogP) is 1.26. The SMILES string of the molecule is CC1(C)CCOC2=C1CC(N)(N)C=C2. The summed E-state index contributed by atoms with van der Waals surface area (Å²) in [5, 5.41) is 0. The number of hydrogen-bond acceptors (Lipinski definition) is 3. The molecule has 0 saturated carbocycles. The Hall–Kier alpha value is -0.800. The Kier molecular flexibility index (Phi) is 1.98. The van der Waals surface area contributed by atoms with Crippen LogP contribution in [0.15, 0.2) is 23.5 Å². The summed E-state index contributed by atoms with van der Waals surface area (Å²) in [6, 6.07) is 0. The molecule has 1 heterocycles. The van der Waals surface area contributed by atoms with Gasteiger partial charge in [-0.05, 0) is 29.6 Å². The van der Waals surface area contributed by atoms with Crippen LogP contribution in [0.4, 0.5) is 0 Å². The van der Waals surface area contributed by atoms with E-state index < -0.39 is 5.66 Å². The summed E-state index contributed by atoms with van der Waals surface area (Å²) in [5.41, 5.74) is 12.5. The molecule has 0 bridgehead atoms. The van der Waals surface area contributed by atoms with Crippen molar-refractivity contribution in [1.82, 2.24) is 0 Å². The van der Waals surface area contributed by atoms with Crippen LogP contribution in [-0.4, -0.2) is 12.3 Å². The van der Waals surface area contributed by atoms with Crippen molar-refractivity contribution >= 4 is 0 Å². The van der Waals surface area contributed by atoms with Gasteiger partial charge in [-0.2, -0.15) is 0 Å². The molecule has 1 aliphatic heterocycles. The van der Waals surface area contributed by atoms with Crippen molar-refractivity contribution < 1.29 is 4.74 Å². The Bertz CT molecular complexity index is 313. The Balaban J connectivity index is 2.38. The largest absolute Gasteiger partial charge is 0.494 e. The maximum Gasteiger partial charge on any atom is 0.118 e. The fraction of sp³-hybridized carbons (Fsp3) is 0.636. The second-order valence-electron chi connectivity index (χ2n) is 4.95. The van der Waals surface area contributed by atoms with Gasteiger partial charge in [-0.15, -0.1) is 0 Å². The molecule has 1 aliphatic carbocycles. The molecule has 78 valence electrons. The van der Waals surface area contributed by atoms with E-state index in [1.54, 1.807) is 0 Å². The summed E-state index contributed by atoms with van der Waals surface area (Å²) in [7, 11) is 0. The molecule has 0 aromatic heterocycles. The lowest BCUT2D eigenvalue weighted by Gasteiger charge is -2.39. The van der Waals surface area contributed by atoms with E-state index in [1.165, 1.54) is 5.57 Å². The lowest BCUT2D eigenvalue weighted by molar-refractivity contribution is 0.137. The molecular weight excluding hydrogens is 176 g/mol. The quantitative estimate of drug-likeness (QED) is 0.571. The fourth-order valence-corrected chi connectivity index (χ4v) is 2.06. The number of rotatable bonds is 0. The molecule has 2 rings (SSSR count). The van der Waals surface area contributed by atoms with Gasteiger partial charge in [0.25, 0.3) is 0 Å². The van der Waals surface area contributed by atoms with E-state index in [9.17, 15) is 0 Å². The smallest absolute Gasteiger partial charge is 0.118 e. The van der Waals surface area contributed by atoms with Crippen LogP contribution in [0.1, 0.15) is 26.7 Å². The first kappa shape index (κ1) is 9.74. The van der Waals surface area contributed by atoms with Crippen molar-refractivity contribution in [2.24, 2.45) is 16.9 Å². The van der Waals surface area contributed by atoms with Crippen molar-refractivity contribution in [3.8, 4) is 0 Å². The van der Waals surface area contributed by atoms with Crippen molar-refractivity contribution in [1.29, 1.82) is 0 Å². The molecule has 0 unspecified atom stereocenters. The molecule has 0 atom stereocenters. The molecule has 2 aliphatic rings. The van der Waals surface area contributed by atoms with Crippen molar-refractivity contribution in [2.45, 2.75) is 32.4 Å². The van der Waals surface area contributed by atoms with Crippen LogP contribution in [0, 0.1) is 5.41 Å². The zero-order chi connectivity index (χ0) is 10.4. The predicted molar refractivity (Wildman–Crippen MR) is 56.2 cm³/mol. The number of nitrogens with two attached hydrogens (primary N) is 2. The van der Waals surface area contributed by atoms with Gasteiger partial charge in [0.2, 0.25) is 0 Å². The van der Waals surface area contributed by atoms with Crippen LogP contribution in [0.5, 0.6) is 0 Å². The highest BCUT2D eigenvalue weighted by atomic mass is 16.5. The third-order valence-electron chi connectivity index (χ3n) is 3.13. The summed E-state index contributed by atoms with van der Waals surface area (Å²) >= 11 is 0. The Morgan fingerprint density at radius 3 is 2.79 bits per heavy atom. The molecule has 0 amide bonds. The van der Waals surface area contributed by atoms with E-state index in [2.05, 4.69) is 13.8 Å². The van der Waals surface area contributed by atoms with Crippen LogP contribution in [-0.2, 0) is 4.74 Å². The average Bonchev–Trinajstić information content (AvgIpc) is 2.05. The summed E-state index contributed by atoms with van der Waals surface area (Å²) in [6.45, 7) is 5.23. The van der Waals surface area contributed by atoms with Crippen LogP contribution in [0.3, 0.4) is 0 Å². The lowest BCUT2D eigenvalue weighted by atomic mass is 9.74. The zero-order valence-corrected chi connectivity index (χ0v) is 8.84. The minimum Gasteiger partial charge on any atom is -0.494 e. The van der Waals surface area contributed by atoms with Crippen molar-refractivity contribution in [3.05, 3.63) is 23.5 Å². The van der Waals surface area contributed by atoms with Gasteiger partial charge < -0.3 is 16.2 Å². The number of allylic oxidation sites excluding steroid dienone is 1. The maximum atomic E-state index is 5.91. The van der Waals surface area contributed by atoms with Crippen molar-refractivity contribution in [3.63, 3.8) is 0 Å². The molecule has 0 fully saturated rings. The topological polar surface area (TPSA) is 61.3 Å². The summed E-state index contributed by atoms with van der Waals surface area (Å²) in [6.07, 6.45) is 5.48. The first-order chi connectivity index (χ1) is 6.41. The van der Waals surface area contributed by atoms with Crippen LogP contribution >= 0.6 is 0 Å². The molecular formula is C11H18N2O. The molecule has 3 nitrogen and oxygen atoms in total. The molecule has 0 aromatic rings. The summed E-state index contributed by atoms with van der Waals surface area (Å²) in [5.74, 6) is 0.979. The fourth-order valence-electron chi connectivity index (χ4n) is 2.06. The molecule has 0 aromatic carbocycles. The van der Waals surface area contributed by atoms with Gasteiger partial charge in [0.05, 0.1) is 12.3 Å². The first-order valence-electron chi connectivity index (χ1n) is 5.04. The molecule has 0 radical (unpaired) electrons. The molecule has 14 heavy (non-hydrogen) atoms. The molecule has 3 heteroatoms. The number of hydrogen-bond donors (Lipinski definition) is 2. The normalized spacial score (nSPS) is 28.3. The minimum absolute atomic E-state index is 0.169. The standard InChI is InChI=1S/C11H18N2O/c1-10(2)5-6-14-9-3-4-11(12,13)7-8(9)10/h3-4H,5-7,12-13H2,1-2H3. The van der Waals surface area contributed by atoms with Gasteiger partial charge in [-0.1, -0.05) is 13.8 Å². The minimum atomic E-state index is -0.698. The highest BCUT2D eigenvalue weighted by Crippen LogP contribution is 2.42. The van der Waals surface area contributed by atoms with E-state index in [0.29, 0.717) is 6.42 Å². The Morgan fingerprint density at radius 2 is 2.07 bits per heavy atom. The lowest BCUT2D eigenvalue weighted by Crippen LogP contribution is -2.50. The first-order valence-corrected chi connectivity index (χ1v) is 5.04. The second-order valence-corrected chi connectivity index (χ2v) is 4.95. The highest BCUT2D eigenvalue weighted by Gasteiger charge is 2.36. The second kappa shape index (κ2) is 2.84. The van der Waals surface area contributed by atoms with Crippen LogP contribution in [0.25, 0.3) is 0 Å². The maximum absolute atomic E-state index is 5.91. The molecule has 0 saturated heterocycles. The van der Waals surface area contributed by atoms with Gasteiger partial charge in [-0.25, -0.2) is 0 Å². The average molecular weight is 194 g/mol. The van der Waals surface area contributed by atoms with E-state index in [1.807, 2.05) is 12.2 Å². The van der Waals surface area contributed by atoms with Gasteiger partial charge in [-0.3, -0.25) is 0 Å². The van der Waals surface area contributed by atoms with Gasteiger partial charge in [0.15, 0.2) is 0 Å². The summed E-state index contributed by atoms with van der Waals surface area (Å²) in [4.78, 5) is 0. The highest BCUT2D eigenvalue weighted by molar-refractivity contribution is 5.35. The van der Waals surface area contributed by atoms with E-state index in [-0.39, 0.29) is 5.41 Å². The molecule has 0 spiro atoms. The van der Waals surface area contributed by atoms with Gasteiger partial charge >= 0.3 is 0 Å². The van der Waals surface area contributed by atoms with E-state index in [0.717, 1.165) is 18.8 Å². The Labute approximate surface area is 84.8 Å². The van der Waals surface area contributed by atoms with Crippen molar-refractivity contribution in [2.75, 3.05) is 6.61 Å². The number of ether oxygens (including phenoxy) is 1. The zero-order valence-electron chi connectivity index (χ0n) is 8.84. The van der Waals surface area contributed by atoms with Crippen LogP contribution < -0.4 is 11.5 Å². The van der Waals surface area contributed by atoms with E-state index in [4.69, 9.17) is 16.2 Å². The third kappa shape index (κ3) is 1.57. The summed E-state index contributed by atoms with van der Waals surface area (Å²) < 4.78 is 5.59. The molecule has 4 N–H and O–H groups in total. The van der Waals surface area contributed by atoms with Gasteiger partial charge in [0.1, 0.15) is 5.76 Å². The third-order valence-corrected chi connectivity index (χ3v) is 3.13. The Morgan fingerprint density at radius 1 is 1.36 bits per heavy atom. The van der Waals surface area contributed by atoms with Gasteiger partial charge in [0, 0.05) is 6.42 Å².